The van der Waals surface area contributed by atoms with Crippen LogP contribution in [-0.2, 0) is 0 Å². The standard InChI is InChI=1S/C19H16N2/c1-3-7-15(8-4-1)16-11-12-19-18(13-16)20-14-21(19)17-9-5-2-6-10-17/h1-13,20H,14H2. The van der Waals surface area contributed by atoms with E-state index in [0.29, 0.717) is 0 Å². The predicted octanol–water partition coefficient (Wildman–Crippen LogP) is 4.87. The summed E-state index contributed by atoms with van der Waals surface area (Å²) in [5.41, 5.74) is 6.15. The van der Waals surface area contributed by atoms with Crippen LogP contribution in [0.2, 0.25) is 0 Å². The van der Waals surface area contributed by atoms with Crippen molar-refractivity contribution in [2.45, 2.75) is 0 Å². The molecule has 0 spiro atoms. The minimum Gasteiger partial charge on any atom is -0.366 e. The molecular weight excluding hydrogens is 256 g/mol. The van der Waals surface area contributed by atoms with Crippen molar-refractivity contribution >= 4 is 17.1 Å². The van der Waals surface area contributed by atoms with Gasteiger partial charge in [0.1, 0.15) is 0 Å². The smallest absolute Gasteiger partial charge is 0.0926 e. The van der Waals surface area contributed by atoms with E-state index >= 15 is 0 Å². The first-order valence-corrected chi connectivity index (χ1v) is 7.18. The molecule has 0 unspecified atom stereocenters. The second-order valence-corrected chi connectivity index (χ2v) is 5.20. The lowest BCUT2D eigenvalue weighted by molar-refractivity contribution is 1.10. The van der Waals surface area contributed by atoms with E-state index in [2.05, 4.69) is 76.9 Å². The molecule has 21 heavy (non-hydrogen) atoms. The molecule has 1 aliphatic heterocycles. The molecule has 0 aliphatic carbocycles. The molecule has 4 rings (SSSR count). The second kappa shape index (κ2) is 4.98. The summed E-state index contributed by atoms with van der Waals surface area (Å²) < 4.78 is 0. The lowest BCUT2D eigenvalue weighted by Gasteiger charge is -2.18. The summed E-state index contributed by atoms with van der Waals surface area (Å²) in [6.07, 6.45) is 0. The Labute approximate surface area is 124 Å². The molecule has 0 fully saturated rings. The maximum absolute atomic E-state index is 3.48. The van der Waals surface area contributed by atoms with Crippen LogP contribution in [0.3, 0.4) is 0 Å². The Morgan fingerprint density at radius 3 is 2.19 bits per heavy atom. The molecule has 3 aromatic carbocycles. The molecule has 0 radical (unpaired) electrons. The number of hydrogen-bond acceptors (Lipinski definition) is 2. The highest BCUT2D eigenvalue weighted by molar-refractivity contribution is 5.85. The molecule has 0 atom stereocenters. The number of hydrogen-bond donors (Lipinski definition) is 1. The first-order valence-electron chi connectivity index (χ1n) is 7.18. The second-order valence-electron chi connectivity index (χ2n) is 5.20. The minimum atomic E-state index is 0.817. The largest absolute Gasteiger partial charge is 0.366 e. The van der Waals surface area contributed by atoms with E-state index in [1.165, 1.54) is 28.2 Å². The Morgan fingerprint density at radius 2 is 1.43 bits per heavy atom. The fraction of sp³-hybridized carbons (Fsp3) is 0.0526. The summed E-state index contributed by atoms with van der Waals surface area (Å²) in [4.78, 5) is 2.30. The Bertz CT molecular complexity index is 751. The topological polar surface area (TPSA) is 15.3 Å². The van der Waals surface area contributed by atoms with Crippen LogP contribution < -0.4 is 10.2 Å². The van der Waals surface area contributed by atoms with Gasteiger partial charge in [-0.2, -0.15) is 0 Å². The van der Waals surface area contributed by atoms with Gasteiger partial charge in [0.2, 0.25) is 0 Å². The fourth-order valence-electron chi connectivity index (χ4n) is 2.81. The van der Waals surface area contributed by atoms with Crippen molar-refractivity contribution in [1.82, 2.24) is 0 Å². The van der Waals surface area contributed by atoms with E-state index in [9.17, 15) is 0 Å². The van der Waals surface area contributed by atoms with Crippen LogP contribution in [-0.4, -0.2) is 6.67 Å². The predicted molar refractivity (Wildman–Crippen MR) is 88.9 cm³/mol. The lowest BCUT2D eigenvalue weighted by Crippen LogP contribution is -2.15. The maximum atomic E-state index is 3.48. The first-order chi connectivity index (χ1) is 10.4. The fourth-order valence-corrected chi connectivity index (χ4v) is 2.81. The molecule has 0 aromatic heterocycles. The van der Waals surface area contributed by atoms with E-state index in [0.717, 1.165) is 6.67 Å². The van der Waals surface area contributed by atoms with Crippen molar-refractivity contribution in [1.29, 1.82) is 0 Å². The van der Waals surface area contributed by atoms with Gasteiger partial charge in [0, 0.05) is 5.69 Å². The summed E-state index contributed by atoms with van der Waals surface area (Å²) in [5, 5.41) is 3.48. The molecule has 102 valence electrons. The van der Waals surface area contributed by atoms with Gasteiger partial charge in [-0.05, 0) is 35.4 Å². The highest BCUT2D eigenvalue weighted by atomic mass is 15.3. The van der Waals surface area contributed by atoms with E-state index in [1.54, 1.807) is 0 Å². The maximum Gasteiger partial charge on any atom is 0.0926 e. The lowest BCUT2D eigenvalue weighted by atomic mass is 10.0. The molecule has 2 heteroatoms. The van der Waals surface area contributed by atoms with E-state index in [-0.39, 0.29) is 0 Å². The van der Waals surface area contributed by atoms with Crippen LogP contribution in [0, 0.1) is 0 Å². The Kier molecular flexibility index (Phi) is 2.86. The Morgan fingerprint density at radius 1 is 0.714 bits per heavy atom. The highest BCUT2D eigenvalue weighted by Crippen LogP contribution is 2.39. The van der Waals surface area contributed by atoms with Crippen LogP contribution in [0.4, 0.5) is 17.1 Å². The van der Waals surface area contributed by atoms with Gasteiger partial charge < -0.3 is 10.2 Å². The summed E-state index contributed by atoms with van der Waals surface area (Å²) in [7, 11) is 0. The quantitative estimate of drug-likeness (QED) is 0.715. The van der Waals surface area contributed by atoms with E-state index in [4.69, 9.17) is 0 Å². The molecule has 1 N–H and O–H groups in total. The van der Waals surface area contributed by atoms with Gasteiger partial charge in [-0.25, -0.2) is 0 Å². The molecule has 2 nitrogen and oxygen atoms in total. The van der Waals surface area contributed by atoms with E-state index in [1.807, 2.05) is 12.1 Å². The number of para-hydroxylation sites is 1. The van der Waals surface area contributed by atoms with Crippen molar-refractivity contribution in [2.75, 3.05) is 16.9 Å². The van der Waals surface area contributed by atoms with Crippen LogP contribution in [0.5, 0.6) is 0 Å². The third-order valence-electron chi connectivity index (χ3n) is 3.89. The van der Waals surface area contributed by atoms with Crippen molar-refractivity contribution in [2.24, 2.45) is 0 Å². The number of nitrogens with one attached hydrogen (secondary N) is 1. The minimum absolute atomic E-state index is 0.817. The molecule has 0 saturated heterocycles. The highest BCUT2D eigenvalue weighted by Gasteiger charge is 2.19. The summed E-state index contributed by atoms with van der Waals surface area (Å²) in [5.74, 6) is 0. The summed E-state index contributed by atoms with van der Waals surface area (Å²) in [6.45, 7) is 0.817. The zero-order chi connectivity index (χ0) is 14.1. The van der Waals surface area contributed by atoms with Gasteiger partial charge in [0.25, 0.3) is 0 Å². The molecule has 0 amide bonds. The van der Waals surface area contributed by atoms with Gasteiger partial charge in [0.05, 0.1) is 18.0 Å². The van der Waals surface area contributed by atoms with Gasteiger partial charge in [-0.1, -0.05) is 54.6 Å². The van der Waals surface area contributed by atoms with Crippen molar-refractivity contribution in [3.63, 3.8) is 0 Å². The number of fused-ring (bicyclic) bond motifs is 1. The molecular formula is C19H16N2. The third-order valence-corrected chi connectivity index (χ3v) is 3.89. The third kappa shape index (κ3) is 2.15. The average molecular weight is 272 g/mol. The monoisotopic (exact) mass is 272 g/mol. The average Bonchev–Trinajstić information content (AvgIpc) is 2.99. The van der Waals surface area contributed by atoms with Crippen LogP contribution in [0.15, 0.2) is 78.9 Å². The normalized spacial score (nSPS) is 12.9. The van der Waals surface area contributed by atoms with Gasteiger partial charge in [-0.3, -0.25) is 0 Å². The number of benzene rings is 3. The van der Waals surface area contributed by atoms with Crippen molar-refractivity contribution in [3.8, 4) is 11.1 Å². The Balaban J connectivity index is 1.72. The molecule has 0 saturated carbocycles. The number of nitrogens with zero attached hydrogens (tertiary/aromatic N) is 1. The zero-order valence-electron chi connectivity index (χ0n) is 11.7. The molecule has 3 aromatic rings. The van der Waals surface area contributed by atoms with Crippen LogP contribution >= 0.6 is 0 Å². The van der Waals surface area contributed by atoms with Crippen LogP contribution in [0.25, 0.3) is 11.1 Å². The van der Waals surface area contributed by atoms with Gasteiger partial charge in [0.15, 0.2) is 0 Å². The van der Waals surface area contributed by atoms with Gasteiger partial charge in [-0.15, -0.1) is 0 Å². The molecule has 0 bridgehead atoms. The summed E-state index contributed by atoms with van der Waals surface area (Å²) >= 11 is 0. The van der Waals surface area contributed by atoms with E-state index < -0.39 is 0 Å². The molecule has 1 aliphatic rings. The summed E-state index contributed by atoms with van der Waals surface area (Å²) in [6, 6.07) is 27.6. The van der Waals surface area contributed by atoms with Crippen LogP contribution in [0.1, 0.15) is 0 Å². The number of anilines is 3. The Hall–Kier alpha value is -2.74. The zero-order valence-corrected chi connectivity index (χ0v) is 11.7. The number of rotatable bonds is 2. The first kappa shape index (κ1) is 12.0. The van der Waals surface area contributed by atoms with Crippen molar-refractivity contribution in [3.05, 3.63) is 78.9 Å². The molecule has 1 heterocycles. The van der Waals surface area contributed by atoms with Gasteiger partial charge >= 0.3 is 0 Å². The van der Waals surface area contributed by atoms with Crippen molar-refractivity contribution < 1.29 is 0 Å². The SMILES string of the molecule is c1ccc(-c2ccc3c(c2)NCN3c2ccccc2)cc1.